The molecule has 1 atom stereocenters. The first-order valence-electron chi connectivity index (χ1n) is 10.4. The second kappa shape index (κ2) is 11.3. The number of nitrogens with zero attached hydrogens (tertiary/aromatic N) is 2. The molecule has 0 amide bonds. The average molecular weight is 479 g/mol. The third-order valence-electron chi connectivity index (χ3n) is 4.94. The van der Waals surface area contributed by atoms with Crippen molar-refractivity contribution in [2.24, 2.45) is 0 Å². The number of anilines is 1. The quantitative estimate of drug-likeness (QED) is 0.282. The van der Waals surface area contributed by atoms with Gasteiger partial charge in [0.2, 0.25) is 0 Å². The number of aryl methyl sites for hydroxylation is 1. The standard InChI is InChI=1S/C24H28Cl2N2O2S/c1-5-13-28(15-17-9-7-8-10-19(17)23(29-4)30-6-2)24-27-22(16(3)31-24)20-12-11-18(25)14-21(20)26/h7-12,14,23H,5-6,13,15H2,1-4H3. The van der Waals surface area contributed by atoms with Crippen molar-refractivity contribution in [3.8, 4) is 11.3 Å². The Morgan fingerprint density at radius 1 is 1.13 bits per heavy atom. The smallest absolute Gasteiger partial charge is 0.186 e. The topological polar surface area (TPSA) is 34.6 Å². The molecule has 0 bridgehead atoms. The van der Waals surface area contributed by atoms with Crippen molar-refractivity contribution in [1.29, 1.82) is 0 Å². The molecule has 0 radical (unpaired) electrons. The van der Waals surface area contributed by atoms with Crippen molar-refractivity contribution in [2.45, 2.75) is 40.0 Å². The molecule has 3 rings (SSSR count). The van der Waals surface area contributed by atoms with Crippen LogP contribution in [0.25, 0.3) is 11.3 Å². The summed E-state index contributed by atoms with van der Waals surface area (Å²) in [4.78, 5) is 8.40. The normalized spacial score (nSPS) is 12.2. The molecule has 0 fully saturated rings. The van der Waals surface area contributed by atoms with Gasteiger partial charge in [0.05, 0.1) is 10.7 Å². The third kappa shape index (κ3) is 5.79. The van der Waals surface area contributed by atoms with Crippen molar-refractivity contribution in [1.82, 2.24) is 4.98 Å². The third-order valence-corrected chi connectivity index (χ3v) is 6.52. The van der Waals surface area contributed by atoms with Gasteiger partial charge in [-0.3, -0.25) is 0 Å². The minimum absolute atomic E-state index is 0.383. The molecule has 0 aliphatic carbocycles. The number of hydrogen-bond donors (Lipinski definition) is 0. The highest BCUT2D eigenvalue weighted by Gasteiger charge is 2.20. The highest BCUT2D eigenvalue weighted by atomic mass is 35.5. The van der Waals surface area contributed by atoms with Crippen molar-refractivity contribution < 1.29 is 9.47 Å². The summed E-state index contributed by atoms with van der Waals surface area (Å²) in [6.07, 6.45) is 0.628. The van der Waals surface area contributed by atoms with Gasteiger partial charge in [-0.1, -0.05) is 54.4 Å². The Morgan fingerprint density at radius 3 is 2.58 bits per heavy atom. The molecule has 7 heteroatoms. The van der Waals surface area contributed by atoms with E-state index in [1.165, 1.54) is 0 Å². The number of rotatable bonds is 10. The van der Waals surface area contributed by atoms with Crippen molar-refractivity contribution >= 4 is 39.7 Å². The van der Waals surface area contributed by atoms with E-state index in [-0.39, 0.29) is 6.29 Å². The van der Waals surface area contributed by atoms with Gasteiger partial charge in [-0.25, -0.2) is 4.98 Å². The molecule has 0 aliphatic rings. The molecule has 0 saturated carbocycles. The van der Waals surface area contributed by atoms with E-state index >= 15 is 0 Å². The van der Waals surface area contributed by atoms with E-state index in [9.17, 15) is 0 Å². The highest BCUT2D eigenvalue weighted by Crippen LogP contribution is 2.37. The van der Waals surface area contributed by atoms with Gasteiger partial charge in [0.1, 0.15) is 0 Å². The summed E-state index contributed by atoms with van der Waals surface area (Å²) in [5.41, 5.74) is 4.01. The molecule has 0 N–H and O–H groups in total. The number of benzene rings is 2. The van der Waals surface area contributed by atoms with Crippen LogP contribution in [0.4, 0.5) is 5.13 Å². The van der Waals surface area contributed by atoms with Gasteiger partial charge in [-0.05, 0) is 44.0 Å². The van der Waals surface area contributed by atoms with Gasteiger partial charge in [-0.15, -0.1) is 11.3 Å². The zero-order valence-corrected chi connectivity index (χ0v) is 20.7. The van der Waals surface area contributed by atoms with Crippen LogP contribution in [0.5, 0.6) is 0 Å². The molecule has 166 valence electrons. The number of hydrogen-bond acceptors (Lipinski definition) is 5. The zero-order valence-electron chi connectivity index (χ0n) is 18.3. The largest absolute Gasteiger partial charge is 0.352 e. The van der Waals surface area contributed by atoms with Crippen LogP contribution < -0.4 is 4.90 Å². The summed E-state index contributed by atoms with van der Waals surface area (Å²) in [7, 11) is 1.67. The summed E-state index contributed by atoms with van der Waals surface area (Å²) in [6.45, 7) is 8.42. The average Bonchev–Trinajstić information content (AvgIpc) is 3.13. The maximum Gasteiger partial charge on any atom is 0.186 e. The molecule has 1 heterocycles. The van der Waals surface area contributed by atoms with E-state index in [1.807, 2.05) is 31.2 Å². The van der Waals surface area contributed by atoms with Gasteiger partial charge in [0.25, 0.3) is 0 Å². The van der Waals surface area contributed by atoms with Crippen LogP contribution in [0.1, 0.15) is 42.6 Å². The fourth-order valence-corrected chi connectivity index (χ4v) is 4.96. The fourth-order valence-electron chi connectivity index (χ4n) is 3.51. The predicted octanol–water partition coefficient (Wildman–Crippen LogP) is 7.52. The zero-order chi connectivity index (χ0) is 22.4. The lowest BCUT2D eigenvalue weighted by Gasteiger charge is -2.25. The van der Waals surface area contributed by atoms with Gasteiger partial charge in [0.15, 0.2) is 11.4 Å². The second-order valence-electron chi connectivity index (χ2n) is 7.17. The highest BCUT2D eigenvalue weighted by molar-refractivity contribution is 7.16. The van der Waals surface area contributed by atoms with Gasteiger partial charge in [-0.2, -0.15) is 0 Å². The monoisotopic (exact) mass is 478 g/mol. The first-order valence-corrected chi connectivity index (χ1v) is 12.0. The number of aromatic nitrogens is 1. The van der Waals surface area contributed by atoms with Crippen LogP contribution in [0.15, 0.2) is 42.5 Å². The molecule has 3 aromatic rings. The Bertz CT molecular complexity index is 1010. The predicted molar refractivity (Wildman–Crippen MR) is 131 cm³/mol. The Kier molecular flexibility index (Phi) is 8.76. The molecule has 0 spiro atoms. The SMILES string of the molecule is CCCN(Cc1ccccc1C(OC)OCC)c1nc(-c2ccc(Cl)cc2Cl)c(C)s1. The Balaban J connectivity index is 1.94. The Labute approximate surface area is 198 Å². The molecule has 0 aliphatic heterocycles. The van der Waals surface area contributed by atoms with Crippen LogP contribution in [0.3, 0.4) is 0 Å². The van der Waals surface area contributed by atoms with Crippen molar-refractivity contribution in [3.05, 3.63) is 68.5 Å². The lowest BCUT2D eigenvalue weighted by atomic mass is 10.1. The molecule has 1 aromatic heterocycles. The maximum absolute atomic E-state index is 6.46. The van der Waals surface area contributed by atoms with Crippen molar-refractivity contribution in [3.63, 3.8) is 0 Å². The second-order valence-corrected chi connectivity index (χ2v) is 9.19. The van der Waals surface area contributed by atoms with E-state index in [0.717, 1.165) is 51.9 Å². The number of thiazole rings is 1. The minimum atomic E-state index is -0.383. The van der Waals surface area contributed by atoms with Crippen LogP contribution in [-0.4, -0.2) is 25.2 Å². The van der Waals surface area contributed by atoms with Gasteiger partial charge >= 0.3 is 0 Å². The summed E-state index contributed by atoms with van der Waals surface area (Å²) >= 11 is 14.2. The first kappa shape index (κ1) is 24.0. The van der Waals surface area contributed by atoms with E-state index in [4.69, 9.17) is 37.7 Å². The number of ether oxygens (including phenoxy) is 2. The summed E-state index contributed by atoms with van der Waals surface area (Å²) < 4.78 is 11.4. The van der Waals surface area contributed by atoms with E-state index in [0.29, 0.717) is 16.7 Å². The summed E-state index contributed by atoms with van der Waals surface area (Å²) in [5, 5.41) is 2.20. The maximum atomic E-state index is 6.46. The molecule has 1 unspecified atom stereocenters. The number of halogens is 2. The van der Waals surface area contributed by atoms with E-state index in [2.05, 4.69) is 30.9 Å². The minimum Gasteiger partial charge on any atom is -0.352 e. The summed E-state index contributed by atoms with van der Waals surface area (Å²) in [6, 6.07) is 13.8. The van der Waals surface area contributed by atoms with Crippen LogP contribution in [0, 0.1) is 6.92 Å². The lowest BCUT2D eigenvalue weighted by Crippen LogP contribution is -2.24. The van der Waals surface area contributed by atoms with E-state index in [1.54, 1.807) is 24.5 Å². The molecule has 4 nitrogen and oxygen atoms in total. The summed E-state index contributed by atoms with van der Waals surface area (Å²) in [5.74, 6) is 0. The van der Waals surface area contributed by atoms with Crippen molar-refractivity contribution in [2.75, 3.05) is 25.2 Å². The molecule has 31 heavy (non-hydrogen) atoms. The fraction of sp³-hybridized carbons (Fsp3) is 0.375. The van der Waals surface area contributed by atoms with Crippen LogP contribution in [0.2, 0.25) is 10.0 Å². The van der Waals surface area contributed by atoms with Gasteiger partial charge < -0.3 is 14.4 Å². The molecular formula is C24H28Cl2N2O2S. The first-order chi connectivity index (χ1) is 15.0. The molecule has 2 aromatic carbocycles. The van der Waals surface area contributed by atoms with Crippen LogP contribution >= 0.6 is 34.5 Å². The van der Waals surface area contributed by atoms with Gasteiger partial charge in [0, 0.05) is 47.8 Å². The Hall–Kier alpha value is -1.63. The Morgan fingerprint density at radius 2 is 1.90 bits per heavy atom. The lowest BCUT2D eigenvalue weighted by molar-refractivity contribution is -0.124. The van der Waals surface area contributed by atoms with Crippen LogP contribution in [-0.2, 0) is 16.0 Å². The van der Waals surface area contributed by atoms with E-state index < -0.39 is 0 Å². The number of methoxy groups -OCH3 is 1. The molecular weight excluding hydrogens is 451 g/mol. The molecule has 0 saturated heterocycles.